The number of fused-ring (bicyclic) bond motifs is 1. The van der Waals surface area contributed by atoms with E-state index in [2.05, 4.69) is 0 Å². The van der Waals surface area contributed by atoms with Gasteiger partial charge < -0.3 is 14.4 Å². The van der Waals surface area contributed by atoms with E-state index in [9.17, 15) is 13.2 Å². The molecule has 1 aliphatic heterocycles. The van der Waals surface area contributed by atoms with Crippen LogP contribution < -0.4 is 9.47 Å². The maximum absolute atomic E-state index is 12.9. The first kappa shape index (κ1) is 19.2. The summed E-state index contributed by atoms with van der Waals surface area (Å²) in [6, 6.07) is 12.0. The van der Waals surface area contributed by atoms with Crippen LogP contribution in [0.25, 0.3) is 0 Å². The number of rotatable bonds is 7. The summed E-state index contributed by atoms with van der Waals surface area (Å²) in [5, 5.41) is 0. The molecular weight excluding hydrogens is 366 g/mol. The lowest BCUT2D eigenvalue weighted by atomic mass is 10.1. The van der Waals surface area contributed by atoms with Gasteiger partial charge in [0.1, 0.15) is 9.84 Å². The lowest BCUT2D eigenvalue weighted by Gasteiger charge is -2.28. The van der Waals surface area contributed by atoms with Gasteiger partial charge in [-0.05, 0) is 36.2 Å². The molecule has 27 heavy (non-hydrogen) atoms. The first-order chi connectivity index (χ1) is 12.8. The van der Waals surface area contributed by atoms with Gasteiger partial charge in [0.05, 0.1) is 25.5 Å². The van der Waals surface area contributed by atoms with Crippen molar-refractivity contribution < 1.29 is 22.7 Å². The highest BCUT2D eigenvalue weighted by molar-refractivity contribution is 7.90. The van der Waals surface area contributed by atoms with Crippen molar-refractivity contribution in [1.29, 1.82) is 0 Å². The minimum absolute atomic E-state index is 0.159. The fraction of sp³-hybridized carbons (Fsp3) is 0.350. The van der Waals surface area contributed by atoms with Gasteiger partial charge >= 0.3 is 0 Å². The molecule has 0 bridgehead atoms. The summed E-state index contributed by atoms with van der Waals surface area (Å²) in [7, 11) is -1.78. The average Bonchev–Trinajstić information content (AvgIpc) is 2.96. The van der Waals surface area contributed by atoms with E-state index in [0.29, 0.717) is 35.8 Å². The third kappa shape index (κ3) is 4.08. The number of hydrogen-bond donors (Lipinski definition) is 0. The van der Waals surface area contributed by atoms with E-state index in [4.69, 9.17) is 9.47 Å². The minimum atomic E-state index is -3.33. The molecule has 1 aliphatic rings. The highest BCUT2D eigenvalue weighted by atomic mass is 32.2. The van der Waals surface area contributed by atoms with Crippen molar-refractivity contribution in [3.63, 3.8) is 0 Å². The molecule has 0 N–H and O–H groups in total. The van der Waals surface area contributed by atoms with Gasteiger partial charge in [-0.25, -0.2) is 8.42 Å². The summed E-state index contributed by atoms with van der Waals surface area (Å²) in [5.74, 6) is 0.771. The number of amides is 1. The van der Waals surface area contributed by atoms with Crippen molar-refractivity contribution in [1.82, 2.24) is 4.90 Å². The Morgan fingerprint density at radius 1 is 1.15 bits per heavy atom. The predicted molar refractivity (Wildman–Crippen MR) is 103 cm³/mol. The fourth-order valence-corrected chi connectivity index (χ4v) is 4.30. The molecule has 0 aliphatic carbocycles. The van der Waals surface area contributed by atoms with Crippen LogP contribution in [-0.2, 0) is 16.4 Å². The van der Waals surface area contributed by atoms with Gasteiger partial charge in [0, 0.05) is 18.4 Å². The molecule has 0 spiro atoms. The molecule has 7 heteroatoms. The Labute approximate surface area is 159 Å². The van der Waals surface area contributed by atoms with Gasteiger partial charge in [0.2, 0.25) is 0 Å². The van der Waals surface area contributed by atoms with Crippen molar-refractivity contribution in [2.45, 2.75) is 19.5 Å². The van der Waals surface area contributed by atoms with Gasteiger partial charge in [-0.2, -0.15) is 0 Å². The molecule has 0 saturated heterocycles. The zero-order valence-electron chi connectivity index (χ0n) is 15.6. The summed E-state index contributed by atoms with van der Waals surface area (Å²) in [5.41, 5.74) is 2.22. The zero-order chi connectivity index (χ0) is 19.6. The van der Waals surface area contributed by atoms with E-state index in [1.54, 1.807) is 36.3 Å². The van der Waals surface area contributed by atoms with Crippen LogP contribution in [0.4, 0.5) is 0 Å². The maximum atomic E-state index is 12.9. The van der Waals surface area contributed by atoms with Gasteiger partial charge in [-0.1, -0.05) is 24.3 Å². The van der Waals surface area contributed by atoms with Gasteiger partial charge in [-0.15, -0.1) is 0 Å². The van der Waals surface area contributed by atoms with Crippen LogP contribution in [0.2, 0.25) is 0 Å². The number of hydrogen-bond acceptors (Lipinski definition) is 5. The largest absolute Gasteiger partial charge is 0.493 e. The van der Waals surface area contributed by atoms with E-state index < -0.39 is 15.9 Å². The SMILES string of the molecule is CCOc1cc([C@@H](CS(C)(=O)=O)N2Cc3ccccc3C2=O)ccc1OC. The Bertz CT molecular complexity index is 955. The summed E-state index contributed by atoms with van der Waals surface area (Å²) in [6.45, 7) is 2.69. The average molecular weight is 389 g/mol. The smallest absolute Gasteiger partial charge is 0.255 e. The molecule has 2 aromatic carbocycles. The summed E-state index contributed by atoms with van der Waals surface area (Å²) < 4.78 is 35.1. The van der Waals surface area contributed by atoms with Crippen molar-refractivity contribution in [3.05, 3.63) is 59.2 Å². The van der Waals surface area contributed by atoms with Crippen LogP contribution >= 0.6 is 0 Å². The molecule has 3 rings (SSSR count). The Morgan fingerprint density at radius 2 is 1.89 bits per heavy atom. The monoisotopic (exact) mass is 389 g/mol. The molecule has 0 aromatic heterocycles. The van der Waals surface area contributed by atoms with E-state index in [-0.39, 0.29) is 11.7 Å². The molecule has 0 fully saturated rings. The lowest BCUT2D eigenvalue weighted by molar-refractivity contribution is 0.0718. The molecule has 144 valence electrons. The third-order valence-corrected chi connectivity index (χ3v) is 5.48. The molecule has 1 atom stereocenters. The van der Waals surface area contributed by atoms with Crippen LogP contribution in [0.15, 0.2) is 42.5 Å². The topological polar surface area (TPSA) is 72.9 Å². The number of methoxy groups -OCH3 is 1. The van der Waals surface area contributed by atoms with Gasteiger partial charge in [0.25, 0.3) is 5.91 Å². The second kappa shape index (κ2) is 7.60. The molecule has 0 radical (unpaired) electrons. The number of benzene rings is 2. The third-order valence-electron chi connectivity index (χ3n) is 4.56. The number of ether oxygens (including phenoxy) is 2. The van der Waals surface area contributed by atoms with Crippen LogP contribution in [0.3, 0.4) is 0 Å². The lowest BCUT2D eigenvalue weighted by Crippen LogP contribution is -2.33. The molecule has 1 heterocycles. The molecule has 6 nitrogen and oxygen atoms in total. The molecular formula is C20H23NO5S. The maximum Gasteiger partial charge on any atom is 0.255 e. The van der Waals surface area contributed by atoms with E-state index in [0.717, 1.165) is 5.56 Å². The summed E-state index contributed by atoms with van der Waals surface area (Å²) in [4.78, 5) is 14.5. The number of carbonyl (C=O) groups is 1. The normalized spacial score (nSPS) is 14.8. The van der Waals surface area contributed by atoms with Crippen LogP contribution in [0.5, 0.6) is 11.5 Å². The Hall–Kier alpha value is -2.54. The molecule has 0 saturated carbocycles. The summed E-state index contributed by atoms with van der Waals surface area (Å²) >= 11 is 0. The summed E-state index contributed by atoms with van der Waals surface area (Å²) in [6.07, 6.45) is 1.18. The minimum Gasteiger partial charge on any atom is -0.493 e. The Morgan fingerprint density at radius 3 is 2.52 bits per heavy atom. The van der Waals surface area contributed by atoms with Gasteiger partial charge in [-0.3, -0.25) is 4.79 Å². The number of nitrogens with zero attached hydrogens (tertiary/aromatic N) is 1. The van der Waals surface area contributed by atoms with Crippen LogP contribution in [0.1, 0.15) is 34.5 Å². The number of carbonyl (C=O) groups excluding carboxylic acids is 1. The molecule has 0 unspecified atom stereocenters. The molecule has 1 amide bonds. The van der Waals surface area contributed by atoms with Crippen molar-refractivity contribution >= 4 is 15.7 Å². The highest BCUT2D eigenvalue weighted by Gasteiger charge is 2.35. The Balaban J connectivity index is 2.03. The second-order valence-electron chi connectivity index (χ2n) is 6.54. The predicted octanol–water partition coefficient (Wildman–Crippen LogP) is 2.84. The standard InChI is InChI=1S/C20H23NO5S/c1-4-26-19-11-14(9-10-18(19)25-2)17(13-27(3,23)24)21-12-15-7-5-6-8-16(15)20(21)22/h5-11,17H,4,12-13H2,1-3H3/t17-/m1/s1. The first-order valence-corrected chi connectivity index (χ1v) is 10.8. The highest BCUT2D eigenvalue weighted by Crippen LogP contribution is 2.36. The molecule has 2 aromatic rings. The van der Waals surface area contributed by atoms with Crippen molar-refractivity contribution in [2.75, 3.05) is 25.7 Å². The number of sulfone groups is 1. The Kier molecular flexibility index (Phi) is 5.41. The zero-order valence-corrected chi connectivity index (χ0v) is 16.5. The van der Waals surface area contributed by atoms with Crippen LogP contribution in [-0.4, -0.2) is 45.0 Å². The van der Waals surface area contributed by atoms with E-state index in [1.165, 1.54) is 6.26 Å². The van der Waals surface area contributed by atoms with Crippen molar-refractivity contribution in [3.8, 4) is 11.5 Å². The van der Waals surface area contributed by atoms with Crippen LogP contribution in [0, 0.1) is 0 Å². The quantitative estimate of drug-likeness (QED) is 0.728. The first-order valence-electron chi connectivity index (χ1n) is 8.71. The van der Waals surface area contributed by atoms with Gasteiger partial charge in [0.15, 0.2) is 11.5 Å². The fourth-order valence-electron chi connectivity index (χ4n) is 3.35. The van der Waals surface area contributed by atoms with Crippen molar-refractivity contribution in [2.24, 2.45) is 0 Å². The van der Waals surface area contributed by atoms with E-state index >= 15 is 0 Å². The van der Waals surface area contributed by atoms with E-state index in [1.807, 2.05) is 25.1 Å². The second-order valence-corrected chi connectivity index (χ2v) is 8.73.